The Morgan fingerprint density at radius 2 is 2.10 bits per heavy atom. The number of aromatic nitrogens is 1. The summed E-state index contributed by atoms with van der Waals surface area (Å²) in [6, 6.07) is 6.51. The van der Waals surface area contributed by atoms with Crippen molar-refractivity contribution in [3.8, 4) is 0 Å². The Morgan fingerprint density at radius 3 is 2.70 bits per heavy atom. The number of nitrogens with one attached hydrogen (secondary N) is 1. The average Bonchev–Trinajstić information content (AvgIpc) is 2.38. The number of hydrogen-bond donors (Lipinski definition) is 1. The molecular weight excluding hydrogens is 347 g/mol. The molecule has 2 aromatic rings. The normalized spacial score (nSPS) is 13.2. The van der Waals surface area contributed by atoms with Crippen molar-refractivity contribution in [1.29, 1.82) is 0 Å². The van der Waals surface area contributed by atoms with Crippen molar-refractivity contribution >= 4 is 26.0 Å². The van der Waals surface area contributed by atoms with E-state index in [1.54, 1.807) is 31.5 Å². The first-order valence-corrected chi connectivity index (χ1v) is 8.05. The average molecular weight is 359 g/mol. The minimum atomic E-state index is -3.75. The number of rotatable bonds is 4. The van der Waals surface area contributed by atoms with E-state index in [0.29, 0.717) is 0 Å². The largest absolute Gasteiger partial charge is 0.264 e. The van der Waals surface area contributed by atoms with Crippen LogP contribution >= 0.6 is 15.9 Å². The van der Waals surface area contributed by atoms with E-state index in [2.05, 4.69) is 25.6 Å². The fourth-order valence-corrected chi connectivity index (χ4v) is 3.97. The first-order valence-electron chi connectivity index (χ1n) is 5.77. The van der Waals surface area contributed by atoms with Crippen LogP contribution < -0.4 is 4.72 Å². The van der Waals surface area contributed by atoms with E-state index in [1.807, 2.05) is 0 Å². The smallest absolute Gasteiger partial charge is 0.242 e. The summed E-state index contributed by atoms with van der Waals surface area (Å²) in [4.78, 5) is 3.94. The van der Waals surface area contributed by atoms with E-state index < -0.39 is 21.9 Å². The number of hydrogen-bond acceptors (Lipinski definition) is 3. The molecular formula is C13H12BrFN2O2S. The molecule has 0 saturated carbocycles. The van der Waals surface area contributed by atoms with Crippen molar-refractivity contribution < 1.29 is 12.8 Å². The van der Waals surface area contributed by atoms with Gasteiger partial charge < -0.3 is 0 Å². The third-order valence-electron chi connectivity index (χ3n) is 2.70. The Kier molecular flexibility index (Phi) is 4.52. The van der Waals surface area contributed by atoms with Crippen LogP contribution in [-0.4, -0.2) is 13.4 Å². The highest BCUT2D eigenvalue weighted by Gasteiger charge is 2.21. The second-order valence-electron chi connectivity index (χ2n) is 4.20. The van der Waals surface area contributed by atoms with Crippen LogP contribution in [0.1, 0.15) is 18.5 Å². The molecule has 7 heteroatoms. The highest BCUT2D eigenvalue weighted by atomic mass is 79.9. The van der Waals surface area contributed by atoms with Gasteiger partial charge in [-0.1, -0.05) is 6.07 Å². The molecule has 0 saturated heterocycles. The molecule has 0 aliphatic carbocycles. The Balaban J connectivity index is 2.28. The van der Waals surface area contributed by atoms with E-state index in [4.69, 9.17) is 0 Å². The van der Waals surface area contributed by atoms with Gasteiger partial charge in [-0.15, -0.1) is 0 Å². The summed E-state index contributed by atoms with van der Waals surface area (Å²) < 4.78 is 40.3. The van der Waals surface area contributed by atoms with Crippen LogP contribution in [-0.2, 0) is 10.0 Å². The zero-order valence-corrected chi connectivity index (χ0v) is 12.9. The third kappa shape index (κ3) is 3.41. The van der Waals surface area contributed by atoms with Crippen molar-refractivity contribution in [1.82, 2.24) is 9.71 Å². The summed E-state index contributed by atoms with van der Waals surface area (Å²) in [6.07, 6.45) is 3.20. The molecule has 2 rings (SSSR count). The maximum atomic E-state index is 13.0. The minimum absolute atomic E-state index is 0.00496. The van der Waals surface area contributed by atoms with Crippen LogP contribution in [0.3, 0.4) is 0 Å². The molecule has 1 heterocycles. The molecule has 0 aliphatic rings. The Hall–Kier alpha value is -1.31. The second kappa shape index (κ2) is 5.99. The van der Waals surface area contributed by atoms with E-state index in [0.717, 1.165) is 17.7 Å². The molecule has 0 radical (unpaired) electrons. The summed E-state index contributed by atoms with van der Waals surface area (Å²) in [7, 11) is -3.75. The number of sulfonamides is 1. The molecule has 1 aromatic carbocycles. The molecule has 0 amide bonds. The maximum Gasteiger partial charge on any atom is 0.242 e. The lowest BCUT2D eigenvalue weighted by molar-refractivity contribution is 0.565. The van der Waals surface area contributed by atoms with Crippen molar-refractivity contribution in [2.24, 2.45) is 0 Å². The Morgan fingerprint density at radius 1 is 1.35 bits per heavy atom. The monoisotopic (exact) mass is 358 g/mol. The molecule has 1 N–H and O–H groups in total. The fourth-order valence-electron chi connectivity index (χ4n) is 1.69. The summed E-state index contributed by atoms with van der Waals surface area (Å²) >= 11 is 3.06. The van der Waals surface area contributed by atoms with Gasteiger partial charge in [0.15, 0.2) is 0 Å². The third-order valence-corrected chi connectivity index (χ3v) is 5.22. The van der Waals surface area contributed by atoms with Gasteiger partial charge in [0.25, 0.3) is 0 Å². The van der Waals surface area contributed by atoms with Crippen LogP contribution in [0.2, 0.25) is 0 Å². The lowest BCUT2D eigenvalue weighted by Crippen LogP contribution is -2.27. The quantitative estimate of drug-likeness (QED) is 0.913. The molecule has 4 nitrogen and oxygen atoms in total. The van der Waals surface area contributed by atoms with Crippen molar-refractivity contribution in [3.63, 3.8) is 0 Å². The number of benzene rings is 1. The fraction of sp³-hybridized carbons (Fsp3) is 0.154. The van der Waals surface area contributed by atoms with Crippen molar-refractivity contribution in [2.45, 2.75) is 17.9 Å². The van der Waals surface area contributed by atoms with Crippen LogP contribution in [0.15, 0.2) is 52.1 Å². The molecule has 0 aliphatic heterocycles. The van der Waals surface area contributed by atoms with Gasteiger partial charge in [-0.3, -0.25) is 4.98 Å². The van der Waals surface area contributed by atoms with Gasteiger partial charge in [-0.25, -0.2) is 17.5 Å². The predicted octanol–water partition coefficient (Wildman–Crippen LogP) is 3.02. The summed E-state index contributed by atoms with van der Waals surface area (Å²) in [5.74, 6) is -0.504. The predicted molar refractivity (Wildman–Crippen MR) is 77.1 cm³/mol. The van der Waals surface area contributed by atoms with Crippen LogP contribution in [0.25, 0.3) is 0 Å². The highest BCUT2D eigenvalue weighted by Crippen LogP contribution is 2.24. The Bertz CT molecular complexity index is 708. The molecule has 0 bridgehead atoms. The van der Waals surface area contributed by atoms with E-state index in [1.165, 1.54) is 6.07 Å². The zero-order chi connectivity index (χ0) is 14.8. The van der Waals surface area contributed by atoms with E-state index >= 15 is 0 Å². The van der Waals surface area contributed by atoms with Gasteiger partial charge in [-0.05, 0) is 52.7 Å². The summed E-state index contributed by atoms with van der Waals surface area (Å²) in [5, 5.41) is 0. The first kappa shape index (κ1) is 15.1. The molecule has 20 heavy (non-hydrogen) atoms. The van der Waals surface area contributed by atoms with Crippen LogP contribution in [0, 0.1) is 5.82 Å². The topological polar surface area (TPSA) is 59.1 Å². The van der Waals surface area contributed by atoms with Gasteiger partial charge in [0.05, 0.1) is 4.90 Å². The van der Waals surface area contributed by atoms with Gasteiger partial charge in [0.2, 0.25) is 10.0 Å². The summed E-state index contributed by atoms with van der Waals surface area (Å²) in [6.45, 7) is 1.71. The number of halogens is 2. The lowest BCUT2D eigenvalue weighted by Gasteiger charge is -2.15. The van der Waals surface area contributed by atoms with Gasteiger partial charge in [0.1, 0.15) is 5.82 Å². The van der Waals surface area contributed by atoms with Gasteiger partial charge >= 0.3 is 0 Å². The molecule has 0 fully saturated rings. The van der Waals surface area contributed by atoms with Crippen LogP contribution in [0.4, 0.5) is 4.39 Å². The van der Waals surface area contributed by atoms with Gasteiger partial charge in [0, 0.05) is 22.9 Å². The summed E-state index contributed by atoms with van der Waals surface area (Å²) in [5.41, 5.74) is 0.745. The standard InChI is InChI=1S/C13H12BrFN2O2S/c1-9(10-3-2-6-16-8-10)17-20(18,19)13-5-4-11(15)7-12(13)14/h2-9,17H,1H3. The minimum Gasteiger partial charge on any atom is -0.264 e. The van der Waals surface area contributed by atoms with Crippen molar-refractivity contribution in [3.05, 3.63) is 58.6 Å². The van der Waals surface area contributed by atoms with E-state index in [-0.39, 0.29) is 9.37 Å². The SMILES string of the molecule is CC(NS(=O)(=O)c1ccc(F)cc1Br)c1cccnc1. The number of pyridine rings is 1. The number of nitrogens with zero attached hydrogens (tertiary/aromatic N) is 1. The zero-order valence-electron chi connectivity index (χ0n) is 10.5. The van der Waals surface area contributed by atoms with Gasteiger partial charge in [-0.2, -0.15) is 0 Å². The molecule has 106 valence electrons. The second-order valence-corrected chi connectivity index (χ2v) is 6.74. The van der Waals surface area contributed by atoms with E-state index in [9.17, 15) is 12.8 Å². The Labute approximate surface area is 125 Å². The first-order chi connectivity index (χ1) is 9.40. The molecule has 1 unspecified atom stereocenters. The lowest BCUT2D eigenvalue weighted by atomic mass is 10.2. The van der Waals surface area contributed by atoms with Crippen molar-refractivity contribution in [2.75, 3.05) is 0 Å². The van der Waals surface area contributed by atoms with Crippen LogP contribution in [0.5, 0.6) is 0 Å². The molecule has 1 aromatic heterocycles. The maximum absolute atomic E-state index is 13.0. The highest BCUT2D eigenvalue weighted by molar-refractivity contribution is 9.10. The molecule has 0 spiro atoms. The molecule has 1 atom stereocenters.